The number of halogens is 1. The fourth-order valence-corrected chi connectivity index (χ4v) is 3.01. The lowest BCUT2D eigenvalue weighted by molar-refractivity contribution is 0.283. The monoisotopic (exact) mass is 305 g/mol. The minimum absolute atomic E-state index is 0.176. The molecule has 0 saturated carbocycles. The molecule has 2 N–H and O–H groups in total. The van der Waals surface area contributed by atoms with Gasteiger partial charge in [0.25, 0.3) is 0 Å². The number of hydrogen-bond acceptors (Lipinski definition) is 3. The zero-order valence-electron chi connectivity index (χ0n) is 9.92. The molecule has 0 aliphatic heterocycles. The SMILES string of the molecule is CC(C)(CNCCCCO)c1ccc(Br)s1. The van der Waals surface area contributed by atoms with E-state index in [0.29, 0.717) is 6.61 Å². The molecular weight excluding hydrogens is 286 g/mol. The van der Waals surface area contributed by atoms with Crippen LogP contribution in [0.1, 0.15) is 31.6 Å². The summed E-state index contributed by atoms with van der Waals surface area (Å²) in [6.07, 6.45) is 1.93. The van der Waals surface area contributed by atoms with E-state index in [1.807, 2.05) is 0 Å². The van der Waals surface area contributed by atoms with Gasteiger partial charge in [0.1, 0.15) is 0 Å². The first-order valence-corrected chi connectivity index (χ1v) is 7.24. The van der Waals surface area contributed by atoms with Crippen LogP contribution in [0.4, 0.5) is 0 Å². The second kappa shape index (κ2) is 6.74. The summed E-state index contributed by atoms with van der Waals surface area (Å²) in [5.74, 6) is 0. The van der Waals surface area contributed by atoms with Gasteiger partial charge in [0.2, 0.25) is 0 Å². The topological polar surface area (TPSA) is 32.3 Å². The van der Waals surface area contributed by atoms with Gasteiger partial charge in [-0.1, -0.05) is 13.8 Å². The molecule has 1 heterocycles. The number of hydrogen-bond donors (Lipinski definition) is 2. The van der Waals surface area contributed by atoms with Crippen LogP contribution < -0.4 is 5.32 Å². The Balaban J connectivity index is 2.34. The van der Waals surface area contributed by atoms with E-state index in [2.05, 4.69) is 47.2 Å². The smallest absolute Gasteiger partial charge is 0.0701 e. The van der Waals surface area contributed by atoms with Gasteiger partial charge in [0, 0.05) is 23.4 Å². The van der Waals surface area contributed by atoms with Gasteiger partial charge in [0.15, 0.2) is 0 Å². The van der Waals surface area contributed by atoms with Crippen molar-refractivity contribution in [2.75, 3.05) is 19.7 Å². The van der Waals surface area contributed by atoms with Crippen LogP contribution in [-0.4, -0.2) is 24.8 Å². The Kier molecular flexibility index (Phi) is 5.97. The molecule has 1 aromatic rings. The van der Waals surface area contributed by atoms with Crippen molar-refractivity contribution in [3.63, 3.8) is 0 Å². The first-order valence-electron chi connectivity index (χ1n) is 5.63. The van der Waals surface area contributed by atoms with Crippen LogP contribution in [0.25, 0.3) is 0 Å². The van der Waals surface area contributed by atoms with Gasteiger partial charge in [-0.3, -0.25) is 0 Å². The Morgan fingerprint density at radius 2 is 2.12 bits per heavy atom. The van der Waals surface area contributed by atoms with Crippen molar-refractivity contribution in [3.05, 3.63) is 20.8 Å². The molecule has 2 nitrogen and oxygen atoms in total. The Hall–Kier alpha value is 0.1000. The highest BCUT2D eigenvalue weighted by Crippen LogP contribution is 2.32. The standard InChI is InChI=1S/C12H20BrNOS/c1-12(2,9-14-7-3-4-8-15)10-5-6-11(13)16-10/h5-6,14-15H,3-4,7-9H2,1-2H3. The number of unbranched alkanes of at least 4 members (excludes halogenated alkanes) is 1. The number of nitrogens with one attached hydrogen (secondary N) is 1. The van der Waals surface area contributed by atoms with E-state index in [0.717, 1.165) is 25.9 Å². The third-order valence-corrected chi connectivity index (χ3v) is 4.56. The largest absolute Gasteiger partial charge is 0.396 e. The van der Waals surface area contributed by atoms with Crippen LogP contribution in [0.3, 0.4) is 0 Å². The predicted molar refractivity (Wildman–Crippen MR) is 74.2 cm³/mol. The first-order chi connectivity index (χ1) is 7.56. The molecule has 0 radical (unpaired) electrons. The van der Waals surface area contributed by atoms with E-state index < -0.39 is 0 Å². The van der Waals surface area contributed by atoms with Crippen molar-refractivity contribution in [1.29, 1.82) is 0 Å². The van der Waals surface area contributed by atoms with Crippen molar-refractivity contribution in [1.82, 2.24) is 5.32 Å². The van der Waals surface area contributed by atoms with Crippen LogP contribution in [0.2, 0.25) is 0 Å². The van der Waals surface area contributed by atoms with Gasteiger partial charge in [-0.25, -0.2) is 0 Å². The molecule has 0 spiro atoms. The van der Waals surface area contributed by atoms with Crippen molar-refractivity contribution in [3.8, 4) is 0 Å². The summed E-state index contributed by atoms with van der Waals surface area (Å²) in [6, 6.07) is 4.29. The highest BCUT2D eigenvalue weighted by Gasteiger charge is 2.21. The normalized spacial score (nSPS) is 12.0. The Morgan fingerprint density at radius 1 is 1.38 bits per heavy atom. The van der Waals surface area contributed by atoms with Gasteiger partial charge in [-0.05, 0) is 47.4 Å². The number of aliphatic hydroxyl groups excluding tert-OH is 1. The summed E-state index contributed by atoms with van der Waals surface area (Å²) < 4.78 is 1.19. The summed E-state index contributed by atoms with van der Waals surface area (Å²) >= 11 is 5.30. The summed E-state index contributed by atoms with van der Waals surface area (Å²) in [7, 11) is 0. The van der Waals surface area contributed by atoms with Gasteiger partial charge in [-0.15, -0.1) is 11.3 Å². The fourth-order valence-electron chi connectivity index (χ4n) is 1.53. The summed E-state index contributed by atoms with van der Waals surface area (Å²) in [5.41, 5.74) is 0.176. The maximum Gasteiger partial charge on any atom is 0.0701 e. The van der Waals surface area contributed by atoms with Crippen LogP contribution in [0.5, 0.6) is 0 Å². The molecule has 0 aliphatic carbocycles. The molecule has 1 rings (SSSR count). The summed E-state index contributed by atoms with van der Waals surface area (Å²) in [5, 5.41) is 12.1. The van der Waals surface area contributed by atoms with Gasteiger partial charge >= 0.3 is 0 Å². The first kappa shape index (κ1) is 14.2. The minimum Gasteiger partial charge on any atom is -0.396 e. The van der Waals surface area contributed by atoms with E-state index >= 15 is 0 Å². The summed E-state index contributed by atoms with van der Waals surface area (Å²) in [4.78, 5) is 1.40. The molecule has 4 heteroatoms. The molecule has 0 aliphatic rings. The molecule has 0 atom stereocenters. The minimum atomic E-state index is 0.176. The van der Waals surface area contributed by atoms with Crippen LogP contribution in [0.15, 0.2) is 15.9 Å². The van der Waals surface area contributed by atoms with Gasteiger partial charge in [0.05, 0.1) is 3.79 Å². The molecule has 92 valence electrons. The third-order valence-electron chi connectivity index (χ3n) is 2.57. The zero-order valence-corrected chi connectivity index (χ0v) is 12.3. The number of rotatable bonds is 7. The van der Waals surface area contributed by atoms with E-state index in [4.69, 9.17) is 5.11 Å². The Bertz CT molecular complexity index is 312. The second-order valence-corrected chi connectivity index (χ2v) is 7.06. The molecule has 0 amide bonds. The second-order valence-electron chi connectivity index (χ2n) is 4.60. The molecule has 0 fully saturated rings. The molecule has 1 aromatic heterocycles. The van der Waals surface area contributed by atoms with Crippen molar-refractivity contribution in [2.24, 2.45) is 0 Å². The maximum absolute atomic E-state index is 8.67. The highest BCUT2D eigenvalue weighted by atomic mass is 79.9. The average molecular weight is 306 g/mol. The molecule has 0 saturated heterocycles. The van der Waals surface area contributed by atoms with E-state index in [1.54, 1.807) is 11.3 Å². The fraction of sp³-hybridized carbons (Fsp3) is 0.667. The summed E-state index contributed by atoms with van der Waals surface area (Å²) in [6.45, 7) is 6.76. The Labute approximate surface area is 110 Å². The van der Waals surface area contributed by atoms with Crippen molar-refractivity contribution < 1.29 is 5.11 Å². The highest BCUT2D eigenvalue weighted by molar-refractivity contribution is 9.11. The molecule has 16 heavy (non-hydrogen) atoms. The van der Waals surface area contributed by atoms with Crippen molar-refractivity contribution in [2.45, 2.75) is 32.1 Å². The quantitative estimate of drug-likeness (QED) is 0.759. The maximum atomic E-state index is 8.67. The molecular formula is C12H20BrNOS. The molecule has 0 unspecified atom stereocenters. The van der Waals surface area contributed by atoms with E-state index in [-0.39, 0.29) is 5.41 Å². The third kappa shape index (κ3) is 4.53. The zero-order chi connectivity index (χ0) is 12.0. The Morgan fingerprint density at radius 3 is 2.69 bits per heavy atom. The van der Waals surface area contributed by atoms with E-state index in [1.165, 1.54) is 8.66 Å². The van der Waals surface area contributed by atoms with Gasteiger partial charge < -0.3 is 10.4 Å². The average Bonchev–Trinajstić information content (AvgIpc) is 2.65. The van der Waals surface area contributed by atoms with Gasteiger partial charge in [-0.2, -0.15) is 0 Å². The lowest BCUT2D eigenvalue weighted by Gasteiger charge is -2.23. The predicted octanol–water partition coefficient (Wildman–Crippen LogP) is 3.15. The number of thiophene rings is 1. The van der Waals surface area contributed by atoms with Crippen LogP contribution in [-0.2, 0) is 5.41 Å². The number of aliphatic hydroxyl groups is 1. The van der Waals surface area contributed by atoms with Crippen LogP contribution >= 0.6 is 27.3 Å². The molecule has 0 aromatic carbocycles. The van der Waals surface area contributed by atoms with Crippen LogP contribution in [0, 0.1) is 0 Å². The molecule has 0 bridgehead atoms. The van der Waals surface area contributed by atoms with E-state index in [9.17, 15) is 0 Å². The van der Waals surface area contributed by atoms with Crippen molar-refractivity contribution >= 4 is 27.3 Å². The lowest BCUT2D eigenvalue weighted by Crippen LogP contribution is -2.32. The lowest BCUT2D eigenvalue weighted by atomic mass is 9.91.